The minimum absolute atomic E-state index is 0.399. The Kier molecular flexibility index (Phi) is 5.32. The minimum atomic E-state index is 0.399. The van der Waals surface area contributed by atoms with Crippen molar-refractivity contribution in [3.63, 3.8) is 0 Å². The molecule has 0 radical (unpaired) electrons. The summed E-state index contributed by atoms with van der Waals surface area (Å²) in [5.41, 5.74) is 1.35. The fourth-order valence-corrected chi connectivity index (χ4v) is 3.20. The number of nitrogens with one attached hydrogen (secondary N) is 1. The first-order valence-corrected chi connectivity index (χ1v) is 7.63. The fraction of sp³-hybridized carbons (Fsp3) is 0.250. The Morgan fingerprint density at radius 3 is 2.42 bits per heavy atom. The number of hydrogen-bond acceptors (Lipinski definition) is 2. The zero-order valence-corrected chi connectivity index (χ0v) is 12.8. The van der Waals surface area contributed by atoms with Crippen molar-refractivity contribution in [3.8, 4) is 0 Å². The molecule has 0 aliphatic carbocycles. The highest BCUT2D eigenvalue weighted by Gasteiger charge is 2.11. The molecule has 100 valence electrons. The van der Waals surface area contributed by atoms with Crippen molar-refractivity contribution in [1.29, 1.82) is 0 Å². The van der Waals surface area contributed by atoms with Gasteiger partial charge in [0, 0.05) is 20.9 Å². The van der Waals surface area contributed by atoms with Gasteiger partial charge in [0.15, 0.2) is 0 Å². The molecule has 1 N–H and O–H groups in total. The molecule has 2 aromatic carbocycles. The molecule has 1 unspecified atom stereocenters. The smallest absolute Gasteiger partial charge is 0.0406 e. The standard InChI is InChI=1S/C16H18ClNS/c1-3-15(18-2)14-6-4-5-7-16(14)19-13-10-8-12(17)9-11-13/h4-11,15,18H,3H2,1-2H3. The number of halogens is 1. The van der Waals surface area contributed by atoms with Crippen LogP contribution in [0.4, 0.5) is 0 Å². The molecule has 0 spiro atoms. The van der Waals surface area contributed by atoms with Crippen LogP contribution in [0.2, 0.25) is 5.02 Å². The third-order valence-corrected chi connectivity index (χ3v) is 4.44. The number of benzene rings is 2. The Labute approximate surface area is 124 Å². The third-order valence-electron chi connectivity index (χ3n) is 3.09. The van der Waals surface area contributed by atoms with Crippen molar-refractivity contribution in [3.05, 3.63) is 59.1 Å². The van der Waals surface area contributed by atoms with E-state index in [1.54, 1.807) is 11.8 Å². The second kappa shape index (κ2) is 6.99. The van der Waals surface area contributed by atoms with E-state index in [-0.39, 0.29) is 0 Å². The van der Waals surface area contributed by atoms with E-state index in [4.69, 9.17) is 11.6 Å². The summed E-state index contributed by atoms with van der Waals surface area (Å²) in [5.74, 6) is 0. The summed E-state index contributed by atoms with van der Waals surface area (Å²) >= 11 is 7.71. The van der Waals surface area contributed by atoms with E-state index in [1.165, 1.54) is 15.4 Å². The van der Waals surface area contributed by atoms with Gasteiger partial charge in [0.25, 0.3) is 0 Å². The van der Waals surface area contributed by atoms with Crippen LogP contribution in [0.5, 0.6) is 0 Å². The normalized spacial score (nSPS) is 12.4. The molecule has 0 aliphatic rings. The van der Waals surface area contributed by atoms with Gasteiger partial charge in [-0.3, -0.25) is 0 Å². The molecule has 0 aliphatic heterocycles. The first-order chi connectivity index (χ1) is 9.24. The SMILES string of the molecule is CCC(NC)c1ccccc1Sc1ccc(Cl)cc1. The van der Waals surface area contributed by atoms with Crippen molar-refractivity contribution >= 4 is 23.4 Å². The molecule has 2 aromatic rings. The molecule has 19 heavy (non-hydrogen) atoms. The molecule has 0 bridgehead atoms. The summed E-state index contributed by atoms with van der Waals surface area (Å²) in [6, 6.07) is 16.9. The van der Waals surface area contributed by atoms with E-state index in [1.807, 2.05) is 19.2 Å². The summed E-state index contributed by atoms with van der Waals surface area (Å²) in [4.78, 5) is 2.51. The predicted molar refractivity (Wildman–Crippen MR) is 84.1 cm³/mol. The van der Waals surface area contributed by atoms with Crippen LogP contribution in [-0.4, -0.2) is 7.05 Å². The van der Waals surface area contributed by atoms with Crippen LogP contribution >= 0.6 is 23.4 Å². The van der Waals surface area contributed by atoms with Gasteiger partial charge in [0.2, 0.25) is 0 Å². The molecule has 1 nitrogen and oxygen atoms in total. The van der Waals surface area contributed by atoms with Crippen LogP contribution in [-0.2, 0) is 0 Å². The zero-order valence-electron chi connectivity index (χ0n) is 11.2. The molecule has 0 heterocycles. The first-order valence-electron chi connectivity index (χ1n) is 6.44. The van der Waals surface area contributed by atoms with Crippen molar-refractivity contribution < 1.29 is 0 Å². The lowest BCUT2D eigenvalue weighted by atomic mass is 10.1. The molecular formula is C16H18ClNS. The Hall–Kier alpha value is -0.960. The van der Waals surface area contributed by atoms with E-state index < -0.39 is 0 Å². The average Bonchev–Trinajstić information content (AvgIpc) is 2.44. The van der Waals surface area contributed by atoms with Gasteiger partial charge < -0.3 is 5.32 Å². The molecule has 2 rings (SSSR count). The predicted octanol–water partition coefficient (Wildman–Crippen LogP) is 5.16. The van der Waals surface area contributed by atoms with Gasteiger partial charge in [-0.05, 0) is 49.4 Å². The molecule has 0 saturated carbocycles. The molecule has 0 aromatic heterocycles. The van der Waals surface area contributed by atoms with Crippen LogP contribution in [0, 0.1) is 0 Å². The third kappa shape index (κ3) is 3.75. The first kappa shape index (κ1) is 14.4. The van der Waals surface area contributed by atoms with Gasteiger partial charge in [-0.15, -0.1) is 0 Å². The Bertz CT molecular complexity index is 521. The fourth-order valence-electron chi connectivity index (χ4n) is 2.07. The minimum Gasteiger partial charge on any atom is -0.313 e. The lowest BCUT2D eigenvalue weighted by Crippen LogP contribution is -2.15. The van der Waals surface area contributed by atoms with Gasteiger partial charge in [0.1, 0.15) is 0 Å². The topological polar surface area (TPSA) is 12.0 Å². The Morgan fingerprint density at radius 1 is 1.11 bits per heavy atom. The highest BCUT2D eigenvalue weighted by molar-refractivity contribution is 7.99. The van der Waals surface area contributed by atoms with E-state index in [0.29, 0.717) is 6.04 Å². The van der Waals surface area contributed by atoms with Gasteiger partial charge in [-0.1, -0.05) is 48.5 Å². The Balaban J connectivity index is 2.27. The van der Waals surface area contributed by atoms with Crippen molar-refractivity contribution in [2.24, 2.45) is 0 Å². The molecule has 1 atom stereocenters. The highest BCUT2D eigenvalue weighted by Crippen LogP contribution is 2.34. The van der Waals surface area contributed by atoms with E-state index in [2.05, 4.69) is 48.6 Å². The molecule has 0 amide bonds. The maximum Gasteiger partial charge on any atom is 0.0406 e. The van der Waals surface area contributed by atoms with Gasteiger partial charge >= 0.3 is 0 Å². The molecule has 3 heteroatoms. The second-order valence-corrected chi connectivity index (χ2v) is 5.90. The van der Waals surface area contributed by atoms with Gasteiger partial charge in [-0.2, -0.15) is 0 Å². The summed E-state index contributed by atoms with van der Waals surface area (Å²) in [6.07, 6.45) is 1.08. The lowest BCUT2D eigenvalue weighted by Gasteiger charge is -2.18. The highest BCUT2D eigenvalue weighted by atomic mass is 35.5. The van der Waals surface area contributed by atoms with E-state index in [9.17, 15) is 0 Å². The van der Waals surface area contributed by atoms with Crippen molar-refractivity contribution in [2.75, 3.05) is 7.05 Å². The number of rotatable bonds is 5. The molecule has 0 saturated heterocycles. The summed E-state index contributed by atoms with van der Waals surface area (Å²) in [6.45, 7) is 2.20. The van der Waals surface area contributed by atoms with Crippen LogP contribution < -0.4 is 5.32 Å². The largest absolute Gasteiger partial charge is 0.313 e. The van der Waals surface area contributed by atoms with Crippen molar-refractivity contribution in [1.82, 2.24) is 5.32 Å². The van der Waals surface area contributed by atoms with Crippen LogP contribution in [0.1, 0.15) is 24.9 Å². The van der Waals surface area contributed by atoms with Gasteiger partial charge in [0.05, 0.1) is 0 Å². The van der Waals surface area contributed by atoms with Crippen LogP contribution in [0.25, 0.3) is 0 Å². The Morgan fingerprint density at radius 2 is 1.79 bits per heavy atom. The summed E-state index contributed by atoms with van der Waals surface area (Å²) in [7, 11) is 2.01. The van der Waals surface area contributed by atoms with Crippen molar-refractivity contribution in [2.45, 2.75) is 29.2 Å². The van der Waals surface area contributed by atoms with Crippen LogP contribution in [0.15, 0.2) is 58.3 Å². The average molecular weight is 292 g/mol. The monoisotopic (exact) mass is 291 g/mol. The van der Waals surface area contributed by atoms with E-state index in [0.717, 1.165) is 11.4 Å². The molecular weight excluding hydrogens is 274 g/mol. The number of hydrogen-bond donors (Lipinski definition) is 1. The maximum absolute atomic E-state index is 5.92. The van der Waals surface area contributed by atoms with E-state index >= 15 is 0 Å². The second-order valence-electron chi connectivity index (χ2n) is 4.34. The zero-order chi connectivity index (χ0) is 13.7. The van der Waals surface area contributed by atoms with Gasteiger partial charge in [-0.25, -0.2) is 0 Å². The summed E-state index contributed by atoms with van der Waals surface area (Å²) < 4.78 is 0. The summed E-state index contributed by atoms with van der Waals surface area (Å²) in [5, 5.41) is 4.15. The lowest BCUT2D eigenvalue weighted by molar-refractivity contribution is 0.568. The van der Waals surface area contributed by atoms with Crippen LogP contribution in [0.3, 0.4) is 0 Å². The quantitative estimate of drug-likeness (QED) is 0.816. The molecule has 0 fully saturated rings. The maximum atomic E-state index is 5.92.